The van der Waals surface area contributed by atoms with Gasteiger partial charge in [-0.2, -0.15) is 0 Å². The molecule has 2 aromatic rings. The third-order valence-corrected chi connectivity index (χ3v) is 3.18. The topological polar surface area (TPSA) is 66.9 Å². The molecule has 0 aliphatic rings. The molecule has 0 radical (unpaired) electrons. The van der Waals surface area contributed by atoms with Gasteiger partial charge in [0, 0.05) is 25.1 Å². The van der Waals surface area contributed by atoms with Gasteiger partial charge in [0.2, 0.25) is 0 Å². The molecule has 110 valence electrons. The van der Waals surface area contributed by atoms with Gasteiger partial charge in [-0.3, -0.25) is 14.8 Å². The molecule has 2 aromatic heterocycles. The van der Waals surface area contributed by atoms with Crippen molar-refractivity contribution >= 4 is 11.6 Å². The molecule has 1 unspecified atom stereocenters. The summed E-state index contributed by atoms with van der Waals surface area (Å²) in [5, 5.41) is 6.22. The summed E-state index contributed by atoms with van der Waals surface area (Å²) < 4.78 is 0. The number of anilines is 1. The van der Waals surface area contributed by atoms with Crippen LogP contribution in [0.4, 0.5) is 5.69 Å². The average Bonchev–Trinajstić information content (AvgIpc) is 2.54. The predicted molar refractivity (Wildman–Crippen MR) is 83.1 cm³/mol. The van der Waals surface area contributed by atoms with Crippen molar-refractivity contribution in [2.45, 2.75) is 26.3 Å². The fourth-order valence-corrected chi connectivity index (χ4v) is 2.00. The largest absolute Gasteiger partial charge is 0.383 e. The van der Waals surface area contributed by atoms with Gasteiger partial charge in [0.15, 0.2) is 0 Å². The normalized spacial score (nSPS) is 11.7. The van der Waals surface area contributed by atoms with Crippen LogP contribution >= 0.6 is 0 Å². The number of aromatic nitrogens is 2. The average molecular weight is 284 g/mol. The Bertz CT molecular complexity index is 586. The maximum atomic E-state index is 12.4. The molecule has 5 nitrogen and oxygen atoms in total. The molecule has 0 fully saturated rings. The predicted octanol–water partition coefficient (Wildman–Crippen LogP) is 2.79. The highest BCUT2D eigenvalue weighted by molar-refractivity contribution is 5.99. The lowest BCUT2D eigenvalue weighted by Gasteiger charge is -2.16. The van der Waals surface area contributed by atoms with Gasteiger partial charge >= 0.3 is 0 Å². The van der Waals surface area contributed by atoms with Gasteiger partial charge in [-0.05, 0) is 37.1 Å². The molecule has 2 rings (SSSR count). The van der Waals surface area contributed by atoms with Crippen molar-refractivity contribution in [3.63, 3.8) is 0 Å². The summed E-state index contributed by atoms with van der Waals surface area (Å²) in [6, 6.07) is 5.45. The molecule has 0 bridgehead atoms. The summed E-state index contributed by atoms with van der Waals surface area (Å²) in [5.74, 6) is -0.111. The smallest absolute Gasteiger partial charge is 0.253 e. The molecule has 2 heterocycles. The van der Waals surface area contributed by atoms with Crippen LogP contribution in [0.2, 0.25) is 0 Å². The summed E-state index contributed by atoms with van der Waals surface area (Å²) >= 11 is 0. The van der Waals surface area contributed by atoms with Crippen molar-refractivity contribution in [1.82, 2.24) is 15.3 Å². The van der Waals surface area contributed by atoms with Crippen LogP contribution in [0.1, 0.15) is 42.2 Å². The lowest BCUT2D eigenvalue weighted by atomic mass is 10.1. The van der Waals surface area contributed by atoms with Crippen molar-refractivity contribution in [1.29, 1.82) is 0 Å². The van der Waals surface area contributed by atoms with Crippen LogP contribution < -0.4 is 10.6 Å². The van der Waals surface area contributed by atoms with Crippen LogP contribution in [-0.2, 0) is 0 Å². The van der Waals surface area contributed by atoms with E-state index in [2.05, 4.69) is 27.5 Å². The summed E-state index contributed by atoms with van der Waals surface area (Å²) in [5.41, 5.74) is 2.40. The Hall–Kier alpha value is -2.43. The highest BCUT2D eigenvalue weighted by Crippen LogP contribution is 2.16. The van der Waals surface area contributed by atoms with Gasteiger partial charge in [0.1, 0.15) is 0 Å². The van der Waals surface area contributed by atoms with E-state index < -0.39 is 0 Å². The quantitative estimate of drug-likeness (QED) is 0.856. The fraction of sp³-hybridized carbons (Fsp3) is 0.312. The lowest BCUT2D eigenvalue weighted by Crippen LogP contribution is -2.27. The zero-order chi connectivity index (χ0) is 15.1. The van der Waals surface area contributed by atoms with Crippen LogP contribution in [0.25, 0.3) is 0 Å². The van der Waals surface area contributed by atoms with E-state index in [9.17, 15) is 4.79 Å². The second kappa shape index (κ2) is 7.38. The van der Waals surface area contributed by atoms with E-state index in [0.717, 1.165) is 24.2 Å². The molecule has 1 amide bonds. The Balaban J connectivity index is 2.10. The van der Waals surface area contributed by atoms with Crippen molar-refractivity contribution in [3.8, 4) is 0 Å². The van der Waals surface area contributed by atoms with Crippen molar-refractivity contribution < 1.29 is 4.79 Å². The van der Waals surface area contributed by atoms with Gasteiger partial charge in [0.25, 0.3) is 5.91 Å². The number of nitrogens with one attached hydrogen (secondary N) is 2. The van der Waals surface area contributed by atoms with Gasteiger partial charge in [-0.25, -0.2) is 0 Å². The molecule has 1 atom stereocenters. The van der Waals surface area contributed by atoms with Crippen molar-refractivity contribution in [2.75, 3.05) is 11.9 Å². The Labute approximate surface area is 124 Å². The Morgan fingerprint density at radius 1 is 1.19 bits per heavy atom. The number of pyridine rings is 2. The molecular formula is C16H20N4O. The first-order valence-corrected chi connectivity index (χ1v) is 7.11. The maximum absolute atomic E-state index is 12.4. The first-order valence-electron chi connectivity index (χ1n) is 7.11. The maximum Gasteiger partial charge on any atom is 0.253 e. The summed E-state index contributed by atoms with van der Waals surface area (Å²) in [6.07, 6.45) is 7.74. The number of nitrogens with zero attached hydrogens (tertiary/aromatic N) is 2. The summed E-state index contributed by atoms with van der Waals surface area (Å²) in [7, 11) is 0. The van der Waals surface area contributed by atoms with E-state index in [-0.39, 0.29) is 11.9 Å². The number of hydrogen-bond acceptors (Lipinski definition) is 4. The molecule has 0 aliphatic heterocycles. The third kappa shape index (κ3) is 4.02. The van der Waals surface area contributed by atoms with Gasteiger partial charge in [-0.1, -0.05) is 6.92 Å². The molecular weight excluding hydrogens is 264 g/mol. The lowest BCUT2D eigenvalue weighted by molar-refractivity contribution is 0.0940. The molecule has 0 aromatic carbocycles. The minimum Gasteiger partial charge on any atom is -0.383 e. The molecule has 0 saturated heterocycles. The Kier molecular flexibility index (Phi) is 5.26. The number of carbonyl (C=O) groups is 1. The van der Waals surface area contributed by atoms with E-state index in [0.29, 0.717) is 5.56 Å². The van der Waals surface area contributed by atoms with Gasteiger partial charge < -0.3 is 10.6 Å². The van der Waals surface area contributed by atoms with Crippen LogP contribution in [0.3, 0.4) is 0 Å². The molecule has 0 aliphatic carbocycles. The minimum absolute atomic E-state index is 0.0762. The molecule has 21 heavy (non-hydrogen) atoms. The standard InChI is InChI=1S/C16H20N4O/c1-3-7-19-15-11-18-10-6-14(15)16(21)20-12(2)13-4-8-17-9-5-13/h4-6,8-12,19H,3,7H2,1-2H3,(H,20,21). The van der Waals surface area contributed by atoms with E-state index in [1.807, 2.05) is 19.1 Å². The van der Waals surface area contributed by atoms with Crippen LogP contribution in [0.15, 0.2) is 43.0 Å². The monoisotopic (exact) mass is 284 g/mol. The third-order valence-electron chi connectivity index (χ3n) is 3.18. The van der Waals surface area contributed by atoms with Crippen molar-refractivity contribution in [2.24, 2.45) is 0 Å². The first-order chi connectivity index (χ1) is 10.2. The van der Waals surface area contributed by atoms with E-state index in [1.165, 1.54) is 0 Å². The Morgan fingerprint density at radius 3 is 2.62 bits per heavy atom. The second-order valence-corrected chi connectivity index (χ2v) is 4.82. The SMILES string of the molecule is CCCNc1cnccc1C(=O)NC(C)c1ccncc1. The minimum atomic E-state index is -0.111. The van der Waals surface area contributed by atoms with Crippen LogP contribution in [-0.4, -0.2) is 22.4 Å². The molecule has 0 spiro atoms. The van der Waals surface area contributed by atoms with Crippen LogP contribution in [0, 0.1) is 0 Å². The number of carbonyl (C=O) groups excluding carboxylic acids is 1. The number of amides is 1. The summed E-state index contributed by atoms with van der Waals surface area (Å²) in [4.78, 5) is 20.5. The zero-order valence-corrected chi connectivity index (χ0v) is 12.3. The van der Waals surface area contributed by atoms with Gasteiger partial charge in [0.05, 0.1) is 23.5 Å². The summed E-state index contributed by atoms with van der Waals surface area (Å²) in [6.45, 7) is 4.84. The molecule has 0 saturated carbocycles. The van der Waals surface area contributed by atoms with Gasteiger partial charge in [-0.15, -0.1) is 0 Å². The van der Waals surface area contributed by atoms with E-state index >= 15 is 0 Å². The number of rotatable bonds is 6. The second-order valence-electron chi connectivity index (χ2n) is 4.82. The number of hydrogen-bond donors (Lipinski definition) is 2. The highest BCUT2D eigenvalue weighted by Gasteiger charge is 2.14. The van der Waals surface area contributed by atoms with E-state index in [1.54, 1.807) is 30.9 Å². The molecule has 5 heteroatoms. The van der Waals surface area contributed by atoms with Crippen molar-refractivity contribution in [3.05, 3.63) is 54.1 Å². The first kappa shape index (κ1) is 15.0. The van der Waals surface area contributed by atoms with E-state index in [4.69, 9.17) is 0 Å². The van der Waals surface area contributed by atoms with Crippen LogP contribution in [0.5, 0.6) is 0 Å². The molecule has 2 N–H and O–H groups in total. The highest BCUT2D eigenvalue weighted by atomic mass is 16.1. The Morgan fingerprint density at radius 2 is 1.90 bits per heavy atom. The zero-order valence-electron chi connectivity index (χ0n) is 12.3. The fourth-order valence-electron chi connectivity index (χ4n) is 2.00.